The third kappa shape index (κ3) is 2.97. The van der Waals surface area contributed by atoms with Crippen LogP contribution in [0.15, 0.2) is 21.1 Å². The molecule has 1 rings (SSSR count). The van der Waals surface area contributed by atoms with Crippen LogP contribution in [0, 0.1) is 0 Å². The maximum atomic E-state index is 5.55. The zero-order chi connectivity index (χ0) is 10.6. The van der Waals surface area contributed by atoms with Gasteiger partial charge in [0.2, 0.25) is 0 Å². The molecule has 0 aromatic heterocycles. The fourth-order valence-electron chi connectivity index (χ4n) is 1.26. The molecular weight excluding hydrogens is 310 g/mol. The fourth-order valence-corrected chi connectivity index (χ4v) is 2.69. The molecule has 14 heavy (non-hydrogen) atoms. The molecule has 4 heteroatoms. The number of halogens is 2. The van der Waals surface area contributed by atoms with Crippen molar-refractivity contribution in [3.63, 3.8) is 0 Å². The molecule has 0 atom stereocenters. The smallest absolute Gasteiger partial charge is 0.136 e. The molecule has 0 amide bonds. The Morgan fingerprint density at radius 1 is 1.36 bits per heavy atom. The predicted octanol–water partition coefficient (Wildman–Crippen LogP) is 3.11. The van der Waals surface area contributed by atoms with Gasteiger partial charge in [0, 0.05) is 4.47 Å². The molecule has 78 valence electrons. The molecule has 2 N–H and O–H groups in total. The lowest BCUT2D eigenvalue weighted by Crippen LogP contribution is -2.05. The Balaban J connectivity index is 3.07. The second-order valence-corrected chi connectivity index (χ2v) is 4.62. The molecule has 0 aliphatic carbocycles. The molecule has 0 radical (unpaired) electrons. The number of benzene rings is 1. The van der Waals surface area contributed by atoms with Gasteiger partial charge in [-0.15, -0.1) is 0 Å². The van der Waals surface area contributed by atoms with Gasteiger partial charge in [0.15, 0.2) is 0 Å². The fraction of sp³-hybridized carbons (Fsp3) is 0.400. The number of rotatable bonds is 4. The van der Waals surface area contributed by atoms with Crippen LogP contribution < -0.4 is 10.5 Å². The van der Waals surface area contributed by atoms with Crippen LogP contribution in [0.2, 0.25) is 0 Å². The number of hydrogen-bond acceptors (Lipinski definition) is 2. The van der Waals surface area contributed by atoms with Crippen molar-refractivity contribution in [2.75, 3.05) is 13.2 Å². The average molecular weight is 323 g/mol. The molecule has 0 saturated carbocycles. The molecule has 0 saturated heterocycles. The van der Waals surface area contributed by atoms with Crippen molar-refractivity contribution in [3.8, 4) is 5.75 Å². The maximum absolute atomic E-state index is 5.55. The molecule has 1 aromatic rings. The summed E-state index contributed by atoms with van der Waals surface area (Å²) in [6, 6.07) is 4.02. The number of hydrogen-bond donors (Lipinski definition) is 1. The lowest BCUT2D eigenvalue weighted by molar-refractivity contribution is 0.334. The van der Waals surface area contributed by atoms with Gasteiger partial charge >= 0.3 is 0 Å². The molecule has 2 nitrogen and oxygen atoms in total. The summed E-state index contributed by atoms with van der Waals surface area (Å²) >= 11 is 6.91. The molecule has 0 fully saturated rings. The van der Waals surface area contributed by atoms with E-state index < -0.39 is 0 Å². The maximum Gasteiger partial charge on any atom is 0.136 e. The van der Waals surface area contributed by atoms with Gasteiger partial charge in [-0.2, -0.15) is 0 Å². The van der Waals surface area contributed by atoms with Gasteiger partial charge in [-0.05, 0) is 53.5 Å². The van der Waals surface area contributed by atoms with Crippen LogP contribution in [0.4, 0.5) is 0 Å². The summed E-state index contributed by atoms with van der Waals surface area (Å²) in [5.74, 6) is 0.904. The Labute approximate surface area is 101 Å². The van der Waals surface area contributed by atoms with Crippen molar-refractivity contribution in [1.82, 2.24) is 0 Å². The van der Waals surface area contributed by atoms with E-state index in [1.807, 2.05) is 19.1 Å². The van der Waals surface area contributed by atoms with E-state index in [0.717, 1.165) is 26.7 Å². The van der Waals surface area contributed by atoms with Crippen molar-refractivity contribution in [2.45, 2.75) is 13.3 Å². The highest BCUT2D eigenvalue weighted by Crippen LogP contribution is 2.33. The van der Waals surface area contributed by atoms with Gasteiger partial charge < -0.3 is 10.5 Å². The van der Waals surface area contributed by atoms with Gasteiger partial charge in [0.25, 0.3) is 0 Å². The van der Waals surface area contributed by atoms with E-state index in [1.165, 1.54) is 0 Å². The molecule has 1 aromatic carbocycles. The van der Waals surface area contributed by atoms with Crippen molar-refractivity contribution in [1.29, 1.82) is 0 Å². The lowest BCUT2D eigenvalue weighted by atomic mass is 10.1. The lowest BCUT2D eigenvalue weighted by Gasteiger charge is -2.12. The van der Waals surface area contributed by atoms with Crippen molar-refractivity contribution in [3.05, 3.63) is 26.6 Å². The van der Waals surface area contributed by atoms with E-state index in [9.17, 15) is 0 Å². The van der Waals surface area contributed by atoms with Gasteiger partial charge in [-0.1, -0.05) is 15.9 Å². The Morgan fingerprint density at radius 3 is 2.64 bits per heavy atom. The van der Waals surface area contributed by atoms with Crippen LogP contribution in [-0.4, -0.2) is 13.2 Å². The molecule has 0 aliphatic rings. The first kappa shape index (κ1) is 12.0. The minimum Gasteiger partial charge on any atom is -0.492 e. The van der Waals surface area contributed by atoms with Gasteiger partial charge in [0.1, 0.15) is 5.75 Å². The minimum absolute atomic E-state index is 0.628. The van der Waals surface area contributed by atoms with Crippen LogP contribution in [0.3, 0.4) is 0 Å². The molecule has 0 aliphatic heterocycles. The van der Waals surface area contributed by atoms with Crippen molar-refractivity contribution in [2.24, 2.45) is 5.73 Å². The van der Waals surface area contributed by atoms with Gasteiger partial charge in [-0.3, -0.25) is 0 Å². The van der Waals surface area contributed by atoms with Crippen LogP contribution >= 0.6 is 31.9 Å². The topological polar surface area (TPSA) is 35.2 Å². The summed E-state index contributed by atoms with van der Waals surface area (Å²) in [6.45, 7) is 3.27. The summed E-state index contributed by atoms with van der Waals surface area (Å²) in [7, 11) is 0. The van der Waals surface area contributed by atoms with E-state index in [4.69, 9.17) is 10.5 Å². The summed E-state index contributed by atoms with van der Waals surface area (Å²) in [6.07, 6.45) is 0.827. The first-order valence-electron chi connectivity index (χ1n) is 4.49. The van der Waals surface area contributed by atoms with E-state index in [1.54, 1.807) is 0 Å². The molecule has 0 heterocycles. The number of nitrogens with two attached hydrogens (primary N) is 1. The Bertz CT molecular complexity index is 315. The minimum atomic E-state index is 0.628. The zero-order valence-electron chi connectivity index (χ0n) is 8.02. The Hall–Kier alpha value is -0.0600. The summed E-state index contributed by atoms with van der Waals surface area (Å²) in [5.41, 5.74) is 6.67. The van der Waals surface area contributed by atoms with Crippen molar-refractivity contribution < 1.29 is 4.74 Å². The van der Waals surface area contributed by atoms with Crippen LogP contribution in [0.1, 0.15) is 12.5 Å². The van der Waals surface area contributed by atoms with E-state index in [-0.39, 0.29) is 0 Å². The standard InChI is InChI=1S/C10H13Br2NO/c1-2-14-10-7(3-4-13)5-8(11)6-9(10)12/h5-6H,2-4,13H2,1H3. The SMILES string of the molecule is CCOc1c(Br)cc(Br)cc1CCN. The average Bonchev–Trinajstić information content (AvgIpc) is 2.11. The monoisotopic (exact) mass is 321 g/mol. The molecular formula is C10H13Br2NO. The summed E-state index contributed by atoms with van der Waals surface area (Å²) in [5, 5.41) is 0. The van der Waals surface area contributed by atoms with Crippen molar-refractivity contribution >= 4 is 31.9 Å². The second kappa shape index (κ2) is 5.73. The highest BCUT2D eigenvalue weighted by Gasteiger charge is 2.08. The van der Waals surface area contributed by atoms with Gasteiger partial charge in [0.05, 0.1) is 11.1 Å². The molecule has 0 unspecified atom stereocenters. The van der Waals surface area contributed by atoms with E-state index in [0.29, 0.717) is 13.2 Å². The third-order valence-corrected chi connectivity index (χ3v) is 2.83. The predicted molar refractivity (Wildman–Crippen MR) is 65.8 cm³/mol. The van der Waals surface area contributed by atoms with Crippen LogP contribution in [-0.2, 0) is 6.42 Å². The van der Waals surface area contributed by atoms with E-state index in [2.05, 4.69) is 31.9 Å². The Morgan fingerprint density at radius 2 is 2.07 bits per heavy atom. The second-order valence-electron chi connectivity index (χ2n) is 2.85. The number of ether oxygens (including phenoxy) is 1. The summed E-state index contributed by atoms with van der Waals surface area (Å²) < 4.78 is 7.56. The molecule has 0 spiro atoms. The Kier molecular flexibility index (Phi) is 4.92. The highest BCUT2D eigenvalue weighted by atomic mass is 79.9. The first-order chi connectivity index (χ1) is 6.69. The highest BCUT2D eigenvalue weighted by molar-refractivity contribution is 9.11. The summed E-state index contributed by atoms with van der Waals surface area (Å²) in [4.78, 5) is 0. The third-order valence-electron chi connectivity index (χ3n) is 1.79. The van der Waals surface area contributed by atoms with Crippen LogP contribution in [0.25, 0.3) is 0 Å². The van der Waals surface area contributed by atoms with E-state index >= 15 is 0 Å². The largest absolute Gasteiger partial charge is 0.492 e. The van der Waals surface area contributed by atoms with Gasteiger partial charge in [-0.25, -0.2) is 0 Å². The van der Waals surface area contributed by atoms with Crippen LogP contribution in [0.5, 0.6) is 5.75 Å². The quantitative estimate of drug-likeness (QED) is 0.924. The first-order valence-corrected chi connectivity index (χ1v) is 6.08. The normalized spacial score (nSPS) is 10.3. The molecule has 0 bridgehead atoms. The zero-order valence-corrected chi connectivity index (χ0v) is 11.2.